The maximum atomic E-state index is 5.92. The number of rotatable bonds is 5. The molecular weight excluding hydrogens is 435 g/mol. The Hall–Kier alpha value is -1.34. The Morgan fingerprint density at radius 2 is 1.96 bits per heavy atom. The molecule has 0 saturated heterocycles. The van der Waals surface area contributed by atoms with Crippen LogP contribution in [0.15, 0.2) is 47.7 Å². The Kier molecular flexibility index (Phi) is 9.07. The number of aliphatic imine (C=N–C) groups is 1. The second kappa shape index (κ2) is 10.5. The second-order valence-corrected chi connectivity index (χ2v) is 5.95. The van der Waals surface area contributed by atoms with Crippen molar-refractivity contribution in [3.8, 4) is 0 Å². The summed E-state index contributed by atoms with van der Waals surface area (Å²) in [5.41, 5.74) is 3.73. The molecule has 0 amide bonds. The van der Waals surface area contributed by atoms with Crippen LogP contribution in [0.25, 0.3) is 0 Å². The zero-order valence-electron chi connectivity index (χ0n) is 14.3. The van der Waals surface area contributed by atoms with Gasteiger partial charge >= 0.3 is 0 Å². The van der Waals surface area contributed by atoms with E-state index in [1.807, 2.05) is 43.7 Å². The lowest BCUT2D eigenvalue weighted by atomic mass is 10.1. The molecule has 4 nitrogen and oxygen atoms in total. The van der Waals surface area contributed by atoms with Crippen LogP contribution in [-0.2, 0) is 13.0 Å². The van der Waals surface area contributed by atoms with Crippen molar-refractivity contribution in [1.29, 1.82) is 0 Å². The molecular formula is C18H24ClIN4. The summed E-state index contributed by atoms with van der Waals surface area (Å²) in [6.45, 7) is 3.71. The van der Waals surface area contributed by atoms with Crippen molar-refractivity contribution in [3.05, 3.63) is 64.4 Å². The van der Waals surface area contributed by atoms with Gasteiger partial charge in [0.05, 0.1) is 0 Å². The first kappa shape index (κ1) is 20.7. The molecule has 2 aromatic rings. The maximum Gasteiger partial charge on any atom is 0.193 e. The van der Waals surface area contributed by atoms with Gasteiger partial charge < -0.3 is 10.2 Å². The van der Waals surface area contributed by atoms with Gasteiger partial charge in [-0.25, -0.2) is 0 Å². The summed E-state index contributed by atoms with van der Waals surface area (Å²) in [5, 5.41) is 4.16. The molecule has 0 atom stereocenters. The van der Waals surface area contributed by atoms with E-state index in [0.717, 1.165) is 30.5 Å². The molecule has 0 aliphatic heterocycles. The average molecular weight is 459 g/mol. The van der Waals surface area contributed by atoms with Gasteiger partial charge in [0.2, 0.25) is 0 Å². The van der Waals surface area contributed by atoms with Crippen molar-refractivity contribution in [2.24, 2.45) is 4.99 Å². The van der Waals surface area contributed by atoms with Crippen LogP contribution in [0, 0.1) is 6.92 Å². The van der Waals surface area contributed by atoms with E-state index in [0.29, 0.717) is 0 Å². The molecule has 1 N–H and O–H groups in total. The van der Waals surface area contributed by atoms with Crippen LogP contribution < -0.4 is 5.32 Å². The normalized spacial score (nSPS) is 10.9. The van der Waals surface area contributed by atoms with Gasteiger partial charge in [0, 0.05) is 44.6 Å². The molecule has 0 saturated carbocycles. The molecule has 0 fully saturated rings. The molecule has 24 heavy (non-hydrogen) atoms. The maximum absolute atomic E-state index is 5.92. The summed E-state index contributed by atoms with van der Waals surface area (Å²) in [6, 6.07) is 9.95. The lowest BCUT2D eigenvalue weighted by molar-refractivity contribution is 0.477. The highest BCUT2D eigenvalue weighted by atomic mass is 127. The first-order valence-electron chi connectivity index (χ1n) is 7.66. The quantitative estimate of drug-likeness (QED) is 0.419. The molecule has 130 valence electrons. The fourth-order valence-corrected chi connectivity index (χ4v) is 2.54. The van der Waals surface area contributed by atoms with E-state index in [2.05, 4.69) is 33.2 Å². The lowest BCUT2D eigenvalue weighted by Gasteiger charge is -2.22. The zero-order valence-corrected chi connectivity index (χ0v) is 17.4. The molecule has 2 rings (SSSR count). The van der Waals surface area contributed by atoms with Gasteiger partial charge in [-0.3, -0.25) is 9.98 Å². The number of hydrogen-bond acceptors (Lipinski definition) is 2. The van der Waals surface area contributed by atoms with Gasteiger partial charge in [-0.1, -0.05) is 23.7 Å². The van der Waals surface area contributed by atoms with E-state index in [-0.39, 0.29) is 24.0 Å². The van der Waals surface area contributed by atoms with E-state index in [1.54, 1.807) is 7.05 Å². The summed E-state index contributed by atoms with van der Waals surface area (Å²) < 4.78 is 0. The van der Waals surface area contributed by atoms with Crippen molar-refractivity contribution in [2.75, 3.05) is 20.6 Å². The summed E-state index contributed by atoms with van der Waals surface area (Å²) in [6.07, 6.45) is 4.68. The predicted molar refractivity (Wildman–Crippen MR) is 112 cm³/mol. The highest BCUT2D eigenvalue weighted by molar-refractivity contribution is 14.0. The van der Waals surface area contributed by atoms with Crippen molar-refractivity contribution < 1.29 is 0 Å². The SMILES string of the molecule is CN=C(NCCc1ccncc1C)N(C)Cc1ccc(Cl)cc1.I. The minimum absolute atomic E-state index is 0. The fraction of sp³-hybridized carbons (Fsp3) is 0.333. The Morgan fingerprint density at radius 1 is 1.25 bits per heavy atom. The first-order valence-corrected chi connectivity index (χ1v) is 8.03. The van der Waals surface area contributed by atoms with Crippen LogP contribution in [0.5, 0.6) is 0 Å². The largest absolute Gasteiger partial charge is 0.356 e. The smallest absolute Gasteiger partial charge is 0.193 e. The molecule has 1 aromatic heterocycles. The van der Waals surface area contributed by atoms with Crippen LogP contribution >= 0.6 is 35.6 Å². The minimum Gasteiger partial charge on any atom is -0.356 e. The number of nitrogens with zero attached hydrogens (tertiary/aromatic N) is 3. The first-order chi connectivity index (χ1) is 11.1. The summed E-state index contributed by atoms with van der Waals surface area (Å²) in [5.74, 6) is 0.881. The number of benzene rings is 1. The molecule has 0 spiro atoms. The molecule has 1 aromatic carbocycles. The van der Waals surface area contributed by atoms with Crippen LogP contribution in [0.1, 0.15) is 16.7 Å². The van der Waals surface area contributed by atoms with Crippen LogP contribution in [0.4, 0.5) is 0 Å². The number of halogens is 2. The standard InChI is InChI=1S/C18H23ClN4.HI/c1-14-12-21-10-8-16(14)9-11-22-18(20-2)23(3)13-15-4-6-17(19)7-5-15;/h4-8,10,12H,9,11,13H2,1-3H3,(H,20,22);1H. The Bertz CT molecular complexity index is 658. The van der Waals surface area contributed by atoms with Crippen molar-refractivity contribution in [1.82, 2.24) is 15.2 Å². The fourth-order valence-electron chi connectivity index (χ4n) is 2.41. The Labute approximate surface area is 166 Å². The number of hydrogen-bond donors (Lipinski definition) is 1. The number of aromatic nitrogens is 1. The second-order valence-electron chi connectivity index (χ2n) is 5.51. The number of aryl methyl sites for hydroxylation is 1. The monoisotopic (exact) mass is 458 g/mol. The topological polar surface area (TPSA) is 40.5 Å². The number of nitrogens with one attached hydrogen (secondary N) is 1. The van der Waals surface area contributed by atoms with Gasteiger partial charge in [-0.15, -0.1) is 24.0 Å². The van der Waals surface area contributed by atoms with Crippen LogP contribution in [0.3, 0.4) is 0 Å². The molecule has 0 aliphatic carbocycles. The lowest BCUT2D eigenvalue weighted by Crippen LogP contribution is -2.39. The molecule has 1 heterocycles. The molecule has 0 aliphatic rings. The molecule has 6 heteroatoms. The third-order valence-corrected chi connectivity index (χ3v) is 3.97. The minimum atomic E-state index is 0. The Morgan fingerprint density at radius 3 is 2.58 bits per heavy atom. The van der Waals surface area contributed by atoms with Gasteiger partial charge in [0.1, 0.15) is 0 Å². The van der Waals surface area contributed by atoms with Crippen molar-refractivity contribution in [3.63, 3.8) is 0 Å². The third-order valence-electron chi connectivity index (χ3n) is 3.72. The predicted octanol–water partition coefficient (Wildman–Crippen LogP) is 3.91. The average Bonchev–Trinajstić information content (AvgIpc) is 2.55. The van der Waals surface area contributed by atoms with Crippen LogP contribution in [-0.4, -0.2) is 36.5 Å². The van der Waals surface area contributed by atoms with Gasteiger partial charge in [0.15, 0.2) is 5.96 Å². The zero-order chi connectivity index (χ0) is 16.7. The van der Waals surface area contributed by atoms with Gasteiger partial charge in [0.25, 0.3) is 0 Å². The number of pyridine rings is 1. The van der Waals surface area contributed by atoms with Crippen molar-refractivity contribution in [2.45, 2.75) is 19.9 Å². The van der Waals surface area contributed by atoms with E-state index >= 15 is 0 Å². The molecule has 0 bridgehead atoms. The van der Waals surface area contributed by atoms with Gasteiger partial charge in [-0.2, -0.15) is 0 Å². The third kappa shape index (κ3) is 6.28. The van der Waals surface area contributed by atoms with E-state index in [4.69, 9.17) is 11.6 Å². The molecule has 0 unspecified atom stereocenters. The van der Waals surface area contributed by atoms with Crippen molar-refractivity contribution >= 4 is 41.5 Å². The van der Waals surface area contributed by atoms with Gasteiger partial charge in [-0.05, 0) is 48.2 Å². The highest BCUT2D eigenvalue weighted by Crippen LogP contribution is 2.11. The summed E-state index contributed by atoms with van der Waals surface area (Å²) >= 11 is 5.92. The highest BCUT2D eigenvalue weighted by Gasteiger charge is 2.07. The van der Waals surface area contributed by atoms with Crippen LogP contribution in [0.2, 0.25) is 5.02 Å². The Balaban J connectivity index is 0.00000288. The van der Waals surface area contributed by atoms with E-state index < -0.39 is 0 Å². The summed E-state index contributed by atoms with van der Waals surface area (Å²) in [7, 11) is 3.83. The molecule has 0 radical (unpaired) electrons. The van der Waals surface area contributed by atoms with E-state index in [9.17, 15) is 0 Å². The number of guanidine groups is 1. The van der Waals surface area contributed by atoms with E-state index in [1.165, 1.54) is 16.7 Å². The summed E-state index contributed by atoms with van der Waals surface area (Å²) in [4.78, 5) is 10.6.